The molecule has 2 aliphatic rings. The number of ether oxygens (including phenoxy) is 1. The molecule has 2 rings (SSSR count). The molecule has 1 N–H and O–H groups in total. The smallest absolute Gasteiger partial charge is 0.407 e. The predicted octanol–water partition coefficient (Wildman–Crippen LogP) is 0.458. The maximum absolute atomic E-state index is 12.2. The number of carbonyl (C=O) groups excluding carboxylic acids is 2. The molecule has 1 atom stereocenters. The Morgan fingerprint density at radius 2 is 1.96 bits per heavy atom. The lowest BCUT2D eigenvalue weighted by Gasteiger charge is -2.36. The zero-order chi connectivity index (χ0) is 18.8. The number of aliphatic imine (C=N–C) groups is 1. The van der Waals surface area contributed by atoms with Crippen LogP contribution in [0.1, 0.15) is 27.7 Å². The van der Waals surface area contributed by atoms with Gasteiger partial charge in [0.1, 0.15) is 0 Å². The van der Waals surface area contributed by atoms with Gasteiger partial charge in [-0.2, -0.15) is 4.99 Å². The van der Waals surface area contributed by atoms with E-state index in [1.54, 1.807) is 20.8 Å². The molecule has 0 aromatic rings. The number of carboxylic acid groups (broad SMARTS) is 1. The van der Waals surface area contributed by atoms with Crippen molar-refractivity contribution in [3.63, 3.8) is 0 Å². The molecule has 2 heterocycles. The Balaban J connectivity index is 2.20. The van der Waals surface area contributed by atoms with Crippen LogP contribution in [-0.4, -0.2) is 89.1 Å². The number of guanidine groups is 1. The van der Waals surface area contributed by atoms with E-state index < -0.39 is 11.5 Å². The largest absolute Gasteiger partial charge is 0.466 e. The molecule has 0 spiro atoms. The summed E-state index contributed by atoms with van der Waals surface area (Å²) < 4.78 is 5.13. The first kappa shape index (κ1) is 19.0. The van der Waals surface area contributed by atoms with Gasteiger partial charge in [0.05, 0.1) is 18.1 Å². The summed E-state index contributed by atoms with van der Waals surface area (Å²) in [6.07, 6.45) is -0.949. The summed E-state index contributed by atoms with van der Waals surface area (Å²) in [6, 6.07) is -0.0825. The summed E-state index contributed by atoms with van der Waals surface area (Å²) in [5.74, 6) is -0.121. The quantitative estimate of drug-likeness (QED) is 0.732. The van der Waals surface area contributed by atoms with Crippen LogP contribution < -0.4 is 0 Å². The van der Waals surface area contributed by atoms with Crippen LogP contribution in [0, 0.1) is 5.41 Å². The molecule has 9 nitrogen and oxygen atoms in total. The molecule has 0 bridgehead atoms. The summed E-state index contributed by atoms with van der Waals surface area (Å²) in [5.41, 5.74) is -0.769. The van der Waals surface area contributed by atoms with E-state index in [0.29, 0.717) is 45.3 Å². The van der Waals surface area contributed by atoms with Gasteiger partial charge in [-0.1, -0.05) is 0 Å². The second-order valence-electron chi connectivity index (χ2n) is 6.99. The molecular weight excluding hydrogens is 328 g/mol. The van der Waals surface area contributed by atoms with E-state index >= 15 is 0 Å². The van der Waals surface area contributed by atoms with Crippen molar-refractivity contribution >= 4 is 23.9 Å². The molecule has 0 aromatic heterocycles. The highest BCUT2D eigenvalue weighted by atomic mass is 16.5. The minimum atomic E-state index is -0.949. The average molecular weight is 354 g/mol. The molecule has 0 aliphatic carbocycles. The lowest BCUT2D eigenvalue weighted by molar-refractivity contribution is -0.153. The van der Waals surface area contributed by atoms with E-state index in [4.69, 9.17) is 4.74 Å². The number of hydrogen-bond acceptors (Lipinski definition) is 4. The van der Waals surface area contributed by atoms with Gasteiger partial charge in [0, 0.05) is 39.6 Å². The number of piperazine rings is 1. The zero-order valence-corrected chi connectivity index (χ0v) is 15.2. The molecule has 0 aromatic carbocycles. The second-order valence-corrected chi connectivity index (χ2v) is 6.99. The van der Waals surface area contributed by atoms with Crippen LogP contribution in [-0.2, 0) is 14.3 Å². The molecular formula is C16H26N4O5. The van der Waals surface area contributed by atoms with Crippen molar-refractivity contribution in [3.8, 4) is 0 Å². The fourth-order valence-electron chi connectivity index (χ4n) is 3.25. The summed E-state index contributed by atoms with van der Waals surface area (Å²) in [4.78, 5) is 44.3. The number of amides is 2. The first-order chi connectivity index (χ1) is 11.7. The number of rotatable bonds is 4. The van der Waals surface area contributed by atoms with Crippen molar-refractivity contribution < 1.29 is 24.2 Å². The monoisotopic (exact) mass is 354 g/mol. The van der Waals surface area contributed by atoms with Gasteiger partial charge >= 0.3 is 12.1 Å². The van der Waals surface area contributed by atoms with E-state index in [1.807, 2.05) is 9.80 Å². The fourth-order valence-corrected chi connectivity index (χ4v) is 3.25. The number of hydrogen-bond donors (Lipinski definition) is 1. The molecule has 2 amide bonds. The van der Waals surface area contributed by atoms with E-state index in [2.05, 4.69) is 4.99 Å². The minimum absolute atomic E-state index is 0.0825. The number of carbonyl (C=O) groups is 3. The number of esters is 1. The highest BCUT2D eigenvalue weighted by Crippen LogP contribution is 2.26. The topological polar surface area (TPSA) is 103 Å². The van der Waals surface area contributed by atoms with E-state index in [0.717, 1.165) is 0 Å². The highest BCUT2D eigenvalue weighted by molar-refractivity contribution is 5.94. The van der Waals surface area contributed by atoms with Gasteiger partial charge in [-0.05, 0) is 20.8 Å². The lowest BCUT2D eigenvalue weighted by atomic mass is 9.93. The highest BCUT2D eigenvalue weighted by Gasteiger charge is 2.43. The molecule has 25 heavy (non-hydrogen) atoms. The van der Waals surface area contributed by atoms with Crippen LogP contribution in [0.2, 0.25) is 0 Å². The predicted molar refractivity (Wildman–Crippen MR) is 90.2 cm³/mol. The Morgan fingerprint density at radius 3 is 2.52 bits per heavy atom. The zero-order valence-electron chi connectivity index (χ0n) is 15.2. The molecule has 0 saturated carbocycles. The van der Waals surface area contributed by atoms with Crippen molar-refractivity contribution in [2.45, 2.75) is 33.7 Å². The van der Waals surface area contributed by atoms with Gasteiger partial charge in [0.25, 0.3) is 0 Å². The summed E-state index contributed by atoms with van der Waals surface area (Å²) in [5, 5.41) is 9.20. The van der Waals surface area contributed by atoms with Crippen LogP contribution in [0.4, 0.5) is 4.79 Å². The van der Waals surface area contributed by atoms with Gasteiger partial charge in [0.15, 0.2) is 0 Å². The Labute approximate surface area is 147 Å². The average Bonchev–Trinajstić information content (AvgIpc) is 2.83. The van der Waals surface area contributed by atoms with Crippen molar-refractivity contribution in [1.29, 1.82) is 0 Å². The van der Waals surface area contributed by atoms with Crippen LogP contribution >= 0.6 is 0 Å². The molecule has 1 unspecified atom stereocenters. The third kappa shape index (κ3) is 4.21. The van der Waals surface area contributed by atoms with E-state index in [1.165, 1.54) is 11.8 Å². The van der Waals surface area contributed by atoms with Crippen LogP contribution in [0.25, 0.3) is 0 Å². The maximum atomic E-state index is 12.2. The van der Waals surface area contributed by atoms with Crippen molar-refractivity contribution in [2.75, 3.05) is 39.3 Å². The first-order valence-electron chi connectivity index (χ1n) is 8.41. The van der Waals surface area contributed by atoms with Gasteiger partial charge in [-0.3, -0.25) is 9.59 Å². The molecule has 2 saturated heterocycles. The Kier molecular flexibility index (Phi) is 5.54. The third-order valence-corrected chi connectivity index (χ3v) is 4.40. The summed E-state index contributed by atoms with van der Waals surface area (Å²) in [6.45, 7) is 9.06. The van der Waals surface area contributed by atoms with Crippen LogP contribution in [0.15, 0.2) is 4.99 Å². The minimum Gasteiger partial charge on any atom is -0.466 e. The number of fused-ring (bicyclic) bond motifs is 1. The van der Waals surface area contributed by atoms with E-state index in [9.17, 15) is 19.5 Å². The van der Waals surface area contributed by atoms with Crippen LogP contribution in [0.3, 0.4) is 0 Å². The van der Waals surface area contributed by atoms with Crippen molar-refractivity contribution in [2.24, 2.45) is 10.4 Å². The van der Waals surface area contributed by atoms with Gasteiger partial charge < -0.3 is 24.5 Å². The standard InChI is InChI=1S/C16H26N4O5/c1-5-25-13(22)16(3,4)10-19-9-12-8-18(15(23)24)6-7-20(12)14(19)17-11(2)21/h12H,5-10H2,1-4H3,(H,23,24)/b17-14-. The van der Waals surface area contributed by atoms with Gasteiger partial charge in [0.2, 0.25) is 11.9 Å². The summed E-state index contributed by atoms with van der Waals surface area (Å²) in [7, 11) is 0. The molecule has 9 heteroatoms. The molecule has 2 aliphatic heterocycles. The van der Waals surface area contributed by atoms with Crippen LogP contribution in [0.5, 0.6) is 0 Å². The normalized spacial score (nSPS) is 22.2. The Morgan fingerprint density at radius 1 is 1.28 bits per heavy atom. The summed E-state index contributed by atoms with van der Waals surface area (Å²) >= 11 is 0. The molecule has 0 radical (unpaired) electrons. The van der Waals surface area contributed by atoms with Crippen molar-refractivity contribution in [3.05, 3.63) is 0 Å². The Hall–Kier alpha value is -2.32. The van der Waals surface area contributed by atoms with Gasteiger partial charge in [-0.25, -0.2) is 4.79 Å². The maximum Gasteiger partial charge on any atom is 0.407 e. The Bertz CT molecular complexity index is 589. The second kappa shape index (κ2) is 7.28. The van der Waals surface area contributed by atoms with Gasteiger partial charge in [-0.15, -0.1) is 0 Å². The first-order valence-corrected chi connectivity index (χ1v) is 8.41. The molecule has 140 valence electrons. The SMILES string of the molecule is CCOC(=O)C(C)(C)CN1CC2CN(C(=O)O)CCN2/C1=N\C(C)=O. The molecule has 2 fully saturated rings. The number of nitrogens with zero attached hydrogens (tertiary/aromatic N) is 4. The fraction of sp³-hybridized carbons (Fsp3) is 0.750. The lowest BCUT2D eigenvalue weighted by Crippen LogP contribution is -2.53. The van der Waals surface area contributed by atoms with E-state index in [-0.39, 0.29) is 17.9 Å². The van der Waals surface area contributed by atoms with Crippen molar-refractivity contribution in [1.82, 2.24) is 14.7 Å². The third-order valence-electron chi connectivity index (χ3n) is 4.40.